The first-order valence-electron chi connectivity index (χ1n) is 5.83. The van der Waals surface area contributed by atoms with Crippen LogP contribution in [-0.4, -0.2) is 19.7 Å². The molecule has 0 radical (unpaired) electrons. The second-order valence-corrected chi connectivity index (χ2v) is 4.68. The Balaban J connectivity index is 2.01. The van der Waals surface area contributed by atoms with Crippen LogP contribution < -0.4 is 0 Å². The van der Waals surface area contributed by atoms with E-state index in [1.165, 1.54) is 12.8 Å². The Morgan fingerprint density at radius 2 is 2.24 bits per heavy atom. The Labute approximate surface area is 105 Å². The van der Waals surface area contributed by atoms with Gasteiger partial charge in [-0.25, -0.2) is 9.97 Å². The number of rotatable bonds is 3. The maximum atomic E-state index is 6.03. The molecule has 1 aliphatic carbocycles. The zero-order chi connectivity index (χ0) is 11.8. The first-order chi connectivity index (χ1) is 8.26. The Kier molecular flexibility index (Phi) is 2.59. The van der Waals surface area contributed by atoms with Crippen molar-refractivity contribution < 1.29 is 0 Å². The highest BCUT2D eigenvalue weighted by Crippen LogP contribution is 2.39. The number of hydrogen-bond donors (Lipinski definition) is 0. The number of halogens is 1. The van der Waals surface area contributed by atoms with Gasteiger partial charge in [0, 0.05) is 30.3 Å². The van der Waals surface area contributed by atoms with Gasteiger partial charge in [0.25, 0.3) is 0 Å². The van der Waals surface area contributed by atoms with E-state index in [-0.39, 0.29) is 0 Å². The van der Waals surface area contributed by atoms with Crippen LogP contribution in [0.1, 0.15) is 31.5 Å². The van der Waals surface area contributed by atoms with Gasteiger partial charge in [-0.3, -0.25) is 4.68 Å². The molecule has 5 heteroatoms. The van der Waals surface area contributed by atoms with E-state index in [9.17, 15) is 0 Å². The van der Waals surface area contributed by atoms with Gasteiger partial charge in [0.2, 0.25) is 0 Å². The third kappa shape index (κ3) is 2.17. The van der Waals surface area contributed by atoms with Gasteiger partial charge in [-0.05, 0) is 19.8 Å². The standard InChI is InChI=1S/C12H13ClN4/c1-2-17-7-9(6-14-17)10-5-11(13)16-12(15-10)8-3-4-8/h5-8H,2-4H2,1H3. The molecule has 17 heavy (non-hydrogen) atoms. The first kappa shape index (κ1) is 10.7. The van der Waals surface area contributed by atoms with Gasteiger partial charge in [-0.15, -0.1) is 0 Å². The molecule has 3 rings (SSSR count). The van der Waals surface area contributed by atoms with Crippen LogP contribution in [0.25, 0.3) is 11.3 Å². The summed E-state index contributed by atoms with van der Waals surface area (Å²) in [6.07, 6.45) is 6.15. The lowest BCUT2D eigenvalue weighted by atomic mass is 10.2. The third-order valence-corrected chi connectivity index (χ3v) is 3.10. The van der Waals surface area contributed by atoms with E-state index in [2.05, 4.69) is 22.0 Å². The summed E-state index contributed by atoms with van der Waals surface area (Å²) in [5.41, 5.74) is 1.87. The largest absolute Gasteiger partial charge is 0.272 e. The molecule has 0 aliphatic heterocycles. The van der Waals surface area contributed by atoms with Crippen molar-refractivity contribution >= 4 is 11.6 Å². The fraction of sp³-hybridized carbons (Fsp3) is 0.417. The van der Waals surface area contributed by atoms with E-state index in [1.807, 2.05) is 17.1 Å². The van der Waals surface area contributed by atoms with Crippen molar-refractivity contribution in [1.82, 2.24) is 19.7 Å². The van der Waals surface area contributed by atoms with Crippen LogP contribution in [0.4, 0.5) is 0 Å². The minimum absolute atomic E-state index is 0.508. The van der Waals surface area contributed by atoms with Crippen molar-refractivity contribution in [1.29, 1.82) is 0 Å². The Morgan fingerprint density at radius 3 is 2.88 bits per heavy atom. The molecule has 0 atom stereocenters. The van der Waals surface area contributed by atoms with Crippen molar-refractivity contribution in [2.75, 3.05) is 0 Å². The summed E-state index contributed by atoms with van der Waals surface area (Å²) in [6.45, 7) is 2.91. The molecule has 0 unspecified atom stereocenters. The van der Waals surface area contributed by atoms with Gasteiger partial charge >= 0.3 is 0 Å². The van der Waals surface area contributed by atoms with E-state index in [1.54, 1.807) is 6.07 Å². The van der Waals surface area contributed by atoms with Crippen LogP contribution in [0.5, 0.6) is 0 Å². The topological polar surface area (TPSA) is 43.6 Å². The molecule has 1 saturated carbocycles. The lowest BCUT2D eigenvalue weighted by molar-refractivity contribution is 0.660. The summed E-state index contributed by atoms with van der Waals surface area (Å²) in [4.78, 5) is 8.84. The molecule has 0 saturated heterocycles. The van der Waals surface area contributed by atoms with Crippen molar-refractivity contribution in [2.45, 2.75) is 32.2 Å². The number of aryl methyl sites for hydroxylation is 1. The van der Waals surface area contributed by atoms with Gasteiger partial charge in [0.1, 0.15) is 11.0 Å². The normalized spacial score (nSPS) is 15.2. The number of aromatic nitrogens is 4. The van der Waals surface area contributed by atoms with Crippen LogP contribution in [0.2, 0.25) is 5.15 Å². The Bertz CT molecular complexity index is 545. The van der Waals surface area contributed by atoms with Crippen molar-refractivity contribution in [3.05, 3.63) is 29.4 Å². The van der Waals surface area contributed by atoms with Crippen LogP contribution in [0.15, 0.2) is 18.5 Å². The molecule has 0 bridgehead atoms. The van der Waals surface area contributed by atoms with Crippen molar-refractivity contribution in [3.63, 3.8) is 0 Å². The summed E-state index contributed by atoms with van der Waals surface area (Å²) >= 11 is 6.03. The highest BCUT2D eigenvalue weighted by atomic mass is 35.5. The predicted molar refractivity (Wildman–Crippen MR) is 65.9 cm³/mol. The van der Waals surface area contributed by atoms with E-state index in [4.69, 9.17) is 11.6 Å². The fourth-order valence-corrected chi connectivity index (χ4v) is 1.97. The molecule has 88 valence electrons. The maximum absolute atomic E-state index is 6.03. The third-order valence-electron chi connectivity index (χ3n) is 2.91. The molecule has 2 heterocycles. The summed E-state index contributed by atoms with van der Waals surface area (Å²) in [6, 6.07) is 1.80. The van der Waals surface area contributed by atoms with Crippen LogP contribution in [0.3, 0.4) is 0 Å². The summed E-state index contributed by atoms with van der Waals surface area (Å²) in [5, 5.41) is 4.76. The summed E-state index contributed by atoms with van der Waals surface area (Å²) < 4.78 is 1.88. The lowest BCUT2D eigenvalue weighted by Crippen LogP contribution is -1.95. The van der Waals surface area contributed by atoms with E-state index >= 15 is 0 Å². The van der Waals surface area contributed by atoms with E-state index in [0.717, 1.165) is 23.6 Å². The van der Waals surface area contributed by atoms with Crippen LogP contribution in [-0.2, 0) is 6.54 Å². The molecule has 0 amide bonds. The molecular formula is C12H13ClN4. The van der Waals surface area contributed by atoms with Crippen LogP contribution in [0, 0.1) is 0 Å². The minimum atomic E-state index is 0.508. The average Bonchev–Trinajstić information content (AvgIpc) is 3.06. The molecule has 0 N–H and O–H groups in total. The average molecular weight is 249 g/mol. The highest BCUT2D eigenvalue weighted by molar-refractivity contribution is 6.29. The molecule has 2 aromatic rings. The minimum Gasteiger partial charge on any atom is -0.272 e. The molecule has 1 aliphatic rings. The SMILES string of the molecule is CCn1cc(-c2cc(Cl)nc(C3CC3)n2)cn1. The Morgan fingerprint density at radius 1 is 1.41 bits per heavy atom. The van der Waals surface area contributed by atoms with Gasteiger partial charge in [-0.1, -0.05) is 11.6 Å². The zero-order valence-electron chi connectivity index (χ0n) is 9.60. The van der Waals surface area contributed by atoms with Gasteiger partial charge in [0.15, 0.2) is 0 Å². The molecule has 0 spiro atoms. The fourth-order valence-electron chi connectivity index (χ4n) is 1.78. The molecule has 2 aromatic heterocycles. The zero-order valence-corrected chi connectivity index (χ0v) is 10.4. The molecular weight excluding hydrogens is 236 g/mol. The second-order valence-electron chi connectivity index (χ2n) is 4.29. The highest BCUT2D eigenvalue weighted by Gasteiger charge is 2.27. The van der Waals surface area contributed by atoms with Gasteiger partial charge in [0.05, 0.1) is 11.9 Å². The van der Waals surface area contributed by atoms with Crippen LogP contribution >= 0.6 is 11.6 Å². The van der Waals surface area contributed by atoms with Gasteiger partial charge < -0.3 is 0 Å². The van der Waals surface area contributed by atoms with Crippen molar-refractivity contribution in [2.24, 2.45) is 0 Å². The number of hydrogen-bond acceptors (Lipinski definition) is 3. The van der Waals surface area contributed by atoms with E-state index < -0.39 is 0 Å². The lowest BCUT2D eigenvalue weighted by Gasteiger charge is -2.01. The Hall–Kier alpha value is -1.42. The molecule has 0 aromatic carbocycles. The number of nitrogens with zero attached hydrogens (tertiary/aromatic N) is 4. The summed E-state index contributed by atoms with van der Waals surface area (Å²) in [7, 11) is 0. The van der Waals surface area contributed by atoms with E-state index in [0.29, 0.717) is 11.1 Å². The predicted octanol–water partition coefficient (Wildman–Crippen LogP) is 2.89. The monoisotopic (exact) mass is 248 g/mol. The first-order valence-corrected chi connectivity index (χ1v) is 6.21. The van der Waals surface area contributed by atoms with Gasteiger partial charge in [-0.2, -0.15) is 5.10 Å². The second kappa shape index (κ2) is 4.11. The molecule has 4 nitrogen and oxygen atoms in total. The van der Waals surface area contributed by atoms with Crippen molar-refractivity contribution in [3.8, 4) is 11.3 Å². The molecule has 1 fully saturated rings. The smallest absolute Gasteiger partial charge is 0.133 e. The quantitative estimate of drug-likeness (QED) is 0.785. The maximum Gasteiger partial charge on any atom is 0.133 e. The summed E-state index contributed by atoms with van der Waals surface area (Å²) in [5.74, 6) is 1.38.